The van der Waals surface area contributed by atoms with Gasteiger partial charge < -0.3 is 20.0 Å². The molecule has 0 unspecified atom stereocenters. The summed E-state index contributed by atoms with van der Waals surface area (Å²) in [5, 5.41) is 9.03. The molecular weight excluding hydrogens is 304 g/mol. The number of fused-ring (bicyclic) bond motifs is 1. The number of nitrogens with two attached hydrogens (primary N) is 1. The first-order valence-corrected chi connectivity index (χ1v) is 7.30. The van der Waals surface area contributed by atoms with E-state index in [1.807, 2.05) is 29.7 Å². The zero-order chi connectivity index (χ0) is 17.3. The SMILES string of the molecule is COc1cc2c(C#CN)cc(-c3ccc(C(=O)O)cc3)n2cc1C. The van der Waals surface area contributed by atoms with Crippen molar-refractivity contribution in [3.05, 3.63) is 59.3 Å². The number of nitrogens with zero attached hydrogens (tertiary/aromatic N) is 1. The van der Waals surface area contributed by atoms with E-state index in [4.69, 9.17) is 15.6 Å². The number of aryl methyl sites for hydroxylation is 1. The number of carboxylic acid groups (broad SMARTS) is 1. The monoisotopic (exact) mass is 320 g/mol. The minimum absolute atomic E-state index is 0.249. The molecule has 1 aromatic carbocycles. The molecule has 0 amide bonds. The van der Waals surface area contributed by atoms with Crippen LogP contribution in [0, 0.1) is 18.9 Å². The van der Waals surface area contributed by atoms with Gasteiger partial charge in [-0.25, -0.2) is 4.79 Å². The average molecular weight is 320 g/mol. The summed E-state index contributed by atoms with van der Waals surface area (Å²) in [6.45, 7) is 1.96. The van der Waals surface area contributed by atoms with E-state index in [2.05, 4.69) is 12.0 Å². The van der Waals surface area contributed by atoms with Gasteiger partial charge in [-0.15, -0.1) is 0 Å². The number of hydrogen-bond acceptors (Lipinski definition) is 3. The predicted octanol–water partition coefficient (Wildman–Crippen LogP) is 2.89. The molecule has 3 N–H and O–H groups in total. The molecule has 5 nitrogen and oxygen atoms in total. The van der Waals surface area contributed by atoms with Gasteiger partial charge in [0.05, 0.1) is 29.4 Å². The van der Waals surface area contributed by atoms with Crippen LogP contribution < -0.4 is 10.5 Å². The summed E-state index contributed by atoms with van der Waals surface area (Å²) >= 11 is 0. The highest BCUT2D eigenvalue weighted by Gasteiger charge is 2.13. The van der Waals surface area contributed by atoms with Crippen molar-refractivity contribution < 1.29 is 14.6 Å². The largest absolute Gasteiger partial charge is 0.496 e. The number of hydrogen-bond donors (Lipinski definition) is 2. The highest BCUT2D eigenvalue weighted by Crippen LogP contribution is 2.30. The van der Waals surface area contributed by atoms with Gasteiger partial charge in [0.15, 0.2) is 0 Å². The first kappa shape index (κ1) is 15.5. The van der Waals surface area contributed by atoms with E-state index in [0.717, 1.165) is 33.7 Å². The summed E-state index contributed by atoms with van der Waals surface area (Å²) in [6.07, 6.45) is 1.97. The maximum atomic E-state index is 11.0. The standard InChI is InChI=1S/C19H16N2O3/c1-12-11-21-16(13-3-5-14(6-4-13)19(22)23)9-15(7-8-20)17(21)10-18(12)24-2/h3-6,9-11H,20H2,1-2H3,(H,22,23). The Bertz CT molecular complexity index is 989. The van der Waals surface area contributed by atoms with Gasteiger partial charge in [0.2, 0.25) is 0 Å². The highest BCUT2D eigenvalue weighted by molar-refractivity contribution is 5.88. The first-order valence-electron chi connectivity index (χ1n) is 7.30. The molecule has 0 bridgehead atoms. The summed E-state index contributed by atoms with van der Waals surface area (Å²) in [6, 6.07) is 13.0. The van der Waals surface area contributed by atoms with Crippen LogP contribution in [0.5, 0.6) is 5.75 Å². The lowest BCUT2D eigenvalue weighted by atomic mass is 10.1. The van der Waals surface area contributed by atoms with Crippen molar-refractivity contribution in [1.82, 2.24) is 4.40 Å². The van der Waals surface area contributed by atoms with Crippen LogP contribution in [0.15, 0.2) is 42.6 Å². The first-order chi connectivity index (χ1) is 11.5. The molecule has 0 atom stereocenters. The molecule has 3 aromatic rings. The number of rotatable bonds is 3. The topological polar surface area (TPSA) is 77.0 Å². The smallest absolute Gasteiger partial charge is 0.335 e. The summed E-state index contributed by atoms with van der Waals surface area (Å²) < 4.78 is 7.39. The molecule has 0 saturated carbocycles. The molecule has 0 aliphatic carbocycles. The van der Waals surface area contributed by atoms with Gasteiger partial charge in [-0.1, -0.05) is 12.1 Å². The lowest BCUT2D eigenvalue weighted by molar-refractivity contribution is 0.0697. The Hall–Kier alpha value is -3.39. The second-order valence-corrected chi connectivity index (χ2v) is 5.38. The van der Waals surface area contributed by atoms with Crippen LogP contribution in [0.2, 0.25) is 0 Å². The Morgan fingerprint density at radius 1 is 1.25 bits per heavy atom. The highest BCUT2D eigenvalue weighted by atomic mass is 16.5. The van der Waals surface area contributed by atoms with Crippen LogP contribution in [0.25, 0.3) is 16.8 Å². The molecule has 0 spiro atoms. The number of aromatic nitrogens is 1. The minimum atomic E-state index is -0.947. The van der Waals surface area contributed by atoms with E-state index in [1.165, 1.54) is 0 Å². The number of methoxy groups -OCH3 is 1. The van der Waals surface area contributed by atoms with Crippen molar-refractivity contribution in [1.29, 1.82) is 0 Å². The van der Waals surface area contributed by atoms with E-state index in [-0.39, 0.29) is 5.56 Å². The van der Waals surface area contributed by atoms with Crippen LogP contribution in [0.3, 0.4) is 0 Å². The van der Waals surface area contributed by atoms with E-state index in [9.17, 15) is 4.79 Å². The van der Waals surface area contributed by atoms with Crippen LogP contribution in [0.4, 0.5) is 0 Å². The van der Waals surface area contributed by atoms with Crippen LogP contribution >= 0.6 is 0 Å². The lowest BCUT2D eigenvalue weighted by Crippen LogP contribution is -1.96. The molecule has 0 fully saturated rings. The molecule has 0 aliphatic heterocycles. The zero-order valence-corrected chi connectivity index (χ0v) is 13.3. The molecule has 5 heteroatoms. The number of ether oxygens (including phenoxy) is 1. The summed E-state index contributed by atoms with van der Waals surface area (Å²) in [4.78, 5) is 11.0. The second-order valence-electron chi connectivity index (χ2n) is 5.38. The average Bonchev–Trinajstić information content (AvgIpc) is 2.92. The van der Waals surface area contributed by atoms with Gasteiger partial charge >= 0.3 is 5.97 Å². The third kappa shape index (κ3) is 2.55. The number of benzene rings is 1. The summed E-state index contributed by atoms with van der Waals surface area (Å²) in [7, 11) is 1.63. The second kappa shape index (κ2) is 6.01. The fourth-order valence-electron chi connectivity index (χ4n) is 2.73. The molecule has 2 aromatic heterocycles. The van der Waals surface area contributed by atoms with E-state index in [0.29, 0.717) is 0 Å². The molecule has 0 radical (unpaired) electrons. The Morgan fingerprint density at radius 2 is 1.96 bits per heavy atom. The Morgan fingerprint density at radius 3 is 2.54 bits per heavy atom. The molecular formula is C19H16N2O3. The van der Waals surface area contributed by atoms with Crippen molar-refractivity contribution in [3.63, 3.8) is 0 Å². The number of carboxylic acids is 1. The lowest BCUT2D eigenvalue weighted by Gasteiger charge is -2.09. The number of carbonyl (C=O) groups is 1. The third-order valence-electron chi connectivity index (χ3n) is 3.91. The van der Waals surface area contributed by atoms with Crippen molar-refractivity contribution in [2.24, 2.45) is 5.73 Å². The van der Waals surface area contributed by atoms with Gasteiger partial charge in [-0.2, -0.15) is 0 Å². The molecule has 0 saturated heterocycles. The molecule has 0 aliphatic rings. The minimum Gasteiger partial charge on any atom is -0.496 e. The van der Waals surface area contributed by atoms with E-state index >= 15 is 0 Å². The zero-order valence-electron chi connectivity index (χ0n) is 13.3. The van der Waals surface area contributed by atoms with E-state index < -0.39 is 5.97 Å². The van der Waals surface area contributed by atoms with Crippen molar-refractivity contribution >= 4 is 11.5 Å². The summed E-state index contributed by atoms with van der Waals surface area (Å²) in [5.41, 5.74) is 10.1. The number of pyridine rings is 1. The van der Waals surface area contributed by atoms with Crippen LogP contribution in [-0.4, -0.2) is 22.6 Å². The molecule has 120 valence electrons. The third-order valence-corrected chi connectivity index (χ3v) is 3.91. The fourth-order valence-corrected chi connectivity index (χ4v) is 2.73. The normalized spacial score (nSPS) is 10.2. The molecule has 24 heavy (non-hydrogen) atoms. The quantitative estimate of drug-likeness (QED) is 0.574. The number of aromatic carboxylic acids is 1. The van der Waals surface area contributed by atoms with Gasteiger partial charge in [0.25, 0.3) is 0 Å². The van der Waals surface area contributed by atoms with E-state index in [1.54, 1.807) is 31.4 Å². The maximum Gasteiger partial charge on any atom is 0.335 e. The Balaban J connectivity index is 2.25. The van der Waals surface area contributed by atoms with Crippen molar-refractivity contribution in [2.45, 2.75) is 6.92 Å². The van der Waals surface area contributed by atoms with Crippen LogP contribution in [-0.2, 0) is 0 Å². The maximum absolute atomic E-state index is 11.0. The Labute approximate surface area is 139 Å². The van der Waals surface area contributed by atoms with Crippen molar-refractivity contribution in [2.75, 3.05) is 7.11 Å². The Kier molecular flexibility index (Phi) is 3.88. The van der Waals surface area contributed by atoms with Gasteiger partial charge in [-0.3, -0.25) is 0 Å². The van der Waals surface area contributed by atoms with Crippen LogP contribution in [0.1, 0.15) is 21.5 Å². The van der Waals surface area contributed by atoms with Gasteiger partial charge in [0, 0.05) is 23.9 Å². The van der Waals surface area contributed by atoms with Gasteiger partial charge in [-0.05, 0) is 36.6 Å². The van der Waals surface area contributed by atoms with Gasteiger partial charge in [0.1, 0.15) is 5.75 Å². The molecule has 3 rings (SSSR count). The molecule has 2 heterocycles. The summed E-state index contributed by atoms with van der Waals surface area (Å²) in [5.74, 6) is 2.72. The predicted molar refractivity (Wildman–Crippen MR) is 92.1 cm³/mol. The fraction of sp³-hybridized carbons (Fsp3) is 0.105. The van der Waals surface area contributed by atoms with Crippen molar-refractivity contribution in [3.8, 4) is 29.0 Å².